The highest BCUT2D eigenvalue weighted by Gasteiger charge is 2.49. The minimum absolute atomic E-state index is 0.339. The molecule has 2 bridgehead atoms. The van der Waals surface area contributed by atoms with E-state index in [1.807, 2.05) is 6.07 Å². The van der Waals surface area contributed by atoms with E-state index in [1.54, 1.807) is 0 Å². The van der Waals surface area contributed by atoms with Gasteiger partial charge in [0.25, 0.3) is 0 Å². The lowest BCUT2D eigenvalue weighted by atomic mass is 9.79. The second kappa shape index (κ2) is 8.92. The third kappa shape index (κ3) is 4.23. The Bertz CT molecular complexity index is 671. The van der Waals surface area contributed by atoms with Gasteiger partial charge in [0.15, 0.2) is 0 Å². The molecule has 0 aromatic heterocycles. The highest BCUT2D eigenvalue weighted by Crippen LogP contribution is 2.43. The number of benzene rings is 1. The summed E-state index contributed by atoms with van der Waals surface area (Å²) in [6, 6.07) is 10.4. The van der Waals surface area contributed by atoms with Crippen LogP contribution < -0.4 is 0 Å². The molecule has 1 aromatic rings. The van der Waals surface area contributed by atoms with Gasteiger partial charge in [0.2, 0.25) is 0 Å². The van der Waals surface area contributed by atoms with E-state index in [0.717, 1.165) is 24.3 Å². The molecule has 3 aliphatic heterocycles. The summed E-state index contributed by atoms with van der Waals surface area (Å²) in [4.78, 5) is 0. The number of fused-ring (bicyclic) bond motifs is 3. The maximum atomic E-state index is 11.9. The minimum atomic E-state index is -0.821. The number of nitrogens with zero attached hydrogens (tertiary/aromatic N) is 1. The predicted octanol–water partition coefficient (Wildman–Crippen LogP) is 5.27. The Morgan fingerprint density at radius 2 is 1.53 bits per heavy atom. The van der Waals surface area contributed by atoms with Crippen molar-refractivity contribution in [2.24, 2.45) is 17.8 Å². The van der Waals surface area contributed by atoms with Crippen LogP contribution in [0.4, 0.5) is 0 Å². The Morgan fingerprint density at radius 3 is 2.23 bits per heavy atom. The van der Waals surface area contributed by atoms with Crippen LogP contribution in [-0.4, -0.2) is 48.5 Å². The molecule has 2 aliphatic carbocycles. The largest absolute Gasteiger partial charge is 0.382 e. The first kappa shape index (κ1) is 21.0. The van der Waals surface area contributed by atoms with Gasteiger partial charge in [-0.05, 0) is 37.2 Å². The van der Waals surface area contributed by atoms with Crippen molar-refractivity contribution in [3.8, 4) is 0 Å². The minimum Gasteiger partial charge on any atom is -0.382 e. The quantitative estimate of drug-likeness (QED) is 0.618. The molecular formula is C27H42NO2+. The van der Waals surface area contributed by atoms with Crippen molar-refractivity contribution in [3.05, 3.63) is 35.9 Å². The summed E-state index contributed by atoms with van der Waals surface area (Å²) < 4.78 is 8.00. The van der Waals surface area contributed by atoms with Crippen molar-refractivity contribution in [2.75, 3.05) is 32.8 Å². The van der Waals surface area contributed by atoms with Crippen LogP contribution in [0.5, 0.6) is 0 Å². The van der Waals surface area contributed by atoms with Gasteiger partial charge < -0.3 is 14.3 Å². The molecule has 166 valence electrons. The van der Waals surface area contributed by atoms with Gasteiger partial charge in [-0.2, -0.15) is 0 Å². The van der Waals surface area contributed by atoms with Gasteiger partial charge in [0.05, 0.1) is 26.2 Å². The average molecular weight is 413 g/mol. The van der Waals surface area contributed by atoms with E-state index in [4.69, 9.17) is 4.74 Å². The number of quaternary nitrogens is 1. The normalized spacial score (nSPS) is 34.8. The van der Waals surface area contributed by atoms with Crippen LogP contribution in [0.15, 0.2) is 30.3 Å². The van der Waals surface area contributed by atoms with Gasteiger partial charge >= 0.3 is 0 Å². The number of hydrogen-bond acceptors (Lipinski definition) is 2. The van der Waals surface area contributed by atoms with Gasteiger partial charge in [0.1, 0.15) is 18.2 Å². The van der Waals surface area contributed by atoms with Crippen LogP contribution >= 0.6 is 0 Å². The van der Waals surface area contributed by atoms with Gasteiger partial charge in [-0.3, -0.25) is 0 Å². The Kier molecular flexibility index (Phi) is 6.24. The highest BCUT2D eigenvalue weighted by molar-refractivity contribution is 5.24. The SMILES string of the molecule is O[C@@](CO[C@H]1C[N+]2(CC3CCCCC3)CCC1CC2)(c1ccccc1)C1CCCC1. The van der Waals surface area contributed by atoms with E-state index in [-0.39, 0.29) is 0 Å². The van der Waals surface area contributed by atoms with E-state index in [9.17, 15) is 5.11 Å². The summed E-state index contributed by atoms with van der Waals surface area (Å²) in [6.45, 7) is 5.79. The molecule has 1 aromatic carbocycles. The molecule has 30 heavy (non-hydrogen) atoms. The molecule has 3 heterocycles. The van der Waals surface area contributed by atoms with Crippen molar-refractivity contribution in [3.63, 3.8) is 0 Å². The van der Waals surface area contributed by atoms with Crippen molar-refractivity contribution in [1.29, 1.82) is 0 Å². The molecule has 2 saturated carbocycles. The number of rotatable bonds is 7. The molecule has 3 heteroatoms. The van der Waals surface area contributed by atoms with Crippen LogP contribution in [0.3, 0.4) is 0 Å². The Labute approximate surface area is 183 Å². The Morgan fingerprint density at radius 1 is 0.867 bits per heavy atom. The van der Waals surface area contributed by atoms with E-state index < -0.39 is 5.60 Å². The molecule has 2 atom stereocenters. The summed E-state index contributed by atoms with van der Waals surface area (Å²) >= 11 is 0. The number of piperidine rings is 3. The standard InChI is InChI=1S/C27H42NO2/c29-27(25-13-7-8-14-25,24-11-5-2-6-12-24)21-30-26-20-28(17-15-23(26)16-18-28)19-22-9-3-1-4-10-22/h2,5-6,11-12,22-23,25-26,29H,1,3-4,7-10,13-21H2/q+1/t23?,26-,27-,28?/m0/s1. The molecule has 3 saturated heterocycles. The van der Waals surface area contributed by atoms with Gasteiger partial charge in [-0.1, -0.05) is 62.4 Å². The molecule has 0 spiro atoms. The Balaban J connectivity index is 1.27. The monoisotopic (exact) mass is 412 g/mol. The molecule has 0 unspecified atom stereocenters. The smallest absolute Gasteiger partial charge is 0.116 e. The second-order valence-electron chi connectivity index (χ2n) is 11.1. The molecular weight excluding hydrogens is 370 g/mol. The van der Waals surface area contributed by atoms with Crippen molar-refractivity contribution >= 4 is 0 Å². The molecule has 5 fully saturated rings. The summed E-state index contributed by atoms with van der Waals surface area (Å²) in [5.74, 6) is 1.99. The van der Waals surface area contributed by atoms with E-state index in [0.29, 0.717) is 24.5 Å². The second-order valence-corrected chi connectivity index (χ2v) is 11.1. The lowest BCUT2D eigenvalue weighted by Gasteiger charge is -2.54. The zero-order valence-corrected chi connectivity index (χ0v) is 18.8. The van der Waals surface area contributed by atoms with Crippen molar-refractivity contribution in [2.45, 2.75) is 82.3 Å². The van der Waals surface area contributed by atoms with Gasteiger partial charge in [-0.15, -0.1) is 0 Å². The topological polar surface area (TPSA) is 29.5 Å². The lowest BCUT2D eigenvalue weighted by Crippen LogP contribution is -2.65. The van der Waals surface area contributed by atoms with E-state index in [2.05, 4.69) is 24.3 Å². The summed E-state index contributed by atoms with van der Waals surface area (Å²) in [6.07, 6.45) is 15.0. The molecule has 3 nitrogen and oxygen atoms in total. The summed E-state index contributed by atoms with van der Waals surface area (Å²) in [5.41, 5.74) is 0.238. The molecule has 0 radical (unpaired) electrons. The van der Waals surface area contributed by atoms with Crippen LogP contribution in [-0.2, 0) is 10.3 Å². The first-order valence-corrected chi connectivity index (χ1v) is 12.9. The van der Waals surface area contributed by atoms with Crippen molar-refractivity contribution < 1.29 is 14.3 Å². The third-order valence-electron chi connectivity index (χ3n) is 9.23. The van der Waals surface area contributed by atoms with E-state index in [1.165, 1.54) is 88.4 Å². The number of aliphatic hydroxyl groups is 1. The zero-order chi connectivity index (χ0) is 20.4. The van der Waals surface area contributed by atoms with Gasteiger partial charge in [-0.25, -0.2) is 0 Å². The van der Waals surface area contributed by atoms with Crippen LogP contribution in [0.1, 0.15) is 76.2 Å². The number of hydrogen-bond donors (Lipinski definition) is 1. The highest BCUT2D eigenvalue weighted by atomic mass is 16.5. The maximum absolute atomic E-state index is 11.9. The zero-order valence-electron chi connectivity index (χ0n) is 18.8. The van der Waals surface area contributed by atoms with Gasteiger partial charge in [0, 0.05) is 24.7 Å². The number of ether oxygens (including phenoxy) is 1. The predicted molar refractivity (Wildman–Crippen MR) is 121 cm³/mol. The molecule has 6 rings (SSSR count). The average Bonchev–Trinajstić information content (AvgIpc) is 3.35. The fourth-order valence-electron chi connectivity index (χ4n) is 7.39. The molecule has 1 N–H and O–H groups in total. The maximum Gasteiger partial charge on any atom is 0.116 e. The summed E-state index contributed by atoms with van der Waals surface area (Å²) in [7, 11) is 0. The first-order chi connectivity index (χ1) is 14.7. The fraction of sp³-hybridized carbons (Fsp3) is 0.778. The van der Waals surface area contributed by atoms with Crippen LogP contribution in [0.2, 0.25) is 0 Å². The molecule has 0 amide bonds. The summed E-state index contributed by atoms with van der Waals surface area (Å²) in [5, 5.41) is 11.9. The Hall–Kier alpha value is -0.900. The van der Waals surface area contributed by atoms with Crippen molar-refractivity contribution in [1.82, 2.24) is 0 Å². The molecule has 5 aliphatic rings. The van der Waals surface area contributed by atoms with Crippen LogP contribution in [0, 0.1) is 17.8 Å². The first-order valence-electron chi connectivity index (χ1n) is 12.9. The third-order valence-corrected chi connectivity index (χ3v) is 9.23. The lowest BCUT2D eigenvalue weighted by molar-refractivity contribution is -0.949. The van der Waals surface area contributed by atoms with Crippen LogP contribution in [0.25, 0.3) is 0 Å². The van der Waals surface area contributed by atoms with E-state index >= 15 is 0 Å². The fourth-order valence-corrected chi connectivity index (χ4v) is 7.39.